The zero-order valence-corrected chi connectivity index (χ0v) is 19.5. The fourth-order valence-electron chi connectivity index (χ4n) is 3.39. The number of likely N-dealkylation sites (tertiary alicyclic amines) is 1. The molecule has 0 bridgehead atoms. The highest BCUT2D eigenvalue weighted by atomic mass is 32.2. The van der Waals surface area contributed by atoms with Gasteiger partial charge in [0, 0.05) is 36.9 Å². The molecule has 3 amide bonds. The van der Waals surface area contributed by atoms with Crippen molar-refractivity contribution in [1.82, 2.24) is 9.62 Å². The summed E-state index contributed by atoms with van der Waals surface area (Å²) in [4.78, 5) is 25.9. The third kappa shape index (κ3) is 7.00. The minimum Gasteiger partial charge on any atom is -0.326 e. The van der Waals surface area contributed by atoms with Gasteiger partial charge in [0.25, 0.3) is 0 Å². The molecule has 8 nitrogen and oxygen atoms in total. The van der Waals surface area contributed by atoms with E-state index in [1.54, 1.807) is 30.9 Å². The van der Waals surface area contributed by atoms with Crippen molar-refractivity contribution in [2.75, 3.05) is 30.3 Å². The Kier molecular flexibility index (Phi) is 8.04. The minimum atomic E-state index is -3.68. The predicted molar refractivity (Wildman–Crippen MR) is 125 cm³/mol. The lowest BCUT2D eigenvalue weighted by atomic mass is 9.97. The quantitative estimate of drug-likeness (QED) is 0.567. The molecular weight excluding hydrogens is 447 g/mol. The van der Waals surface area contributed by atoms with Gasteiger partial charge in [-0.1, -0.05) is 13.8 Å². The molecule has 3 N–H and O–H groups in total. The van der Waals surface area contributed by atoms with Crippen molar-refractivity contribution in [3.63, 3.8) is 0 Å². The number of urea groups is 1. The van der Waals surface area contributed by atoms with Crippen LogP contribution in [0, 0.1) is 17.7 Å². The number of hydrogen-bond acceptors (Lipinski definition) is 4. The molecule has 178 valence electrons. The van der Waals surface area contributed by atoms with Crippen molar-refractivity contribution in [3.8, 4) is 0 Å². The standard InChI is InChI=1S/C23H29FN4O4S/c1-16(2)22(29)26-19-7-9-21(10-8-19)33(31,32)25-15-17-11-13-28(14-12-17)23(30)27-20-5-3-18(24)4-6-20/h3-10,16-17,25H,11-15H2,1-2H3,(H,26,29)(H,27,30). The summed E-state index contributed by atoms with van der Waals surface area (Å²) in [5.41, 5.74) is 1.06. The molecule has 10 heteroatoms. The second-order valence-electron chi connectivity index (χ2n) is 8.39. The maximum atomic E-state index is 13.0. The normalized spacial score (nSPS) is 14.8. The molecule has 1 fully saturated rings. The molecule has 33 heavy (non-hydrogen) atoms. The minimum absolute atomic E-state index is 0.110. The number of sulfonamides is 1. The first-order valence-corrected chi connectivity index (χ1v) is 12.3. The summed E-state index contributed by atoms with van der Waals surface area (Å²) in [5.74, 6) is -0.568. The van der Waals surface area contributed by atoms with Crippen molar-refractivity contribution in [1.29, 1.82) is 0 Å². The maximum absolute atomic E-state index is 13.0. The number of carbonyl (C=O) groups excluding carboxylic acids is 2. The number of rotatable bonds is 7. The highest BCUT2D eigenvalue weighted by molar-refractivity contribution is 7.89. The van der Waals surface area contributed by atoms with Crippen molar-refractivity contribution in [2.45, 2.75) is 31.6 Å². The molecule has 1 saturated heterocycles. The number of carbonyl (C=O) groups is 2. The molecule has 1 aliphatic heterocycles. The molecular formula is C23H29FN4O4S. The summed E-state index contributed by atoms with van der Waals surface area (Å²) in [6, 6.07) is 11.3. The predicted octanol–water partition coefficient (Wildman–Crippen LogP) is 3.64. The van der Waals surface area contributed by atoms with E-state index in [4.69, 9.17) is 0 Å². The lowest BCUT2D eigenvalue weighted by Crippen LogP contribution is -2.43. The van der Waals surface area contributed by atoms with E-state index in [-0.39, 0.29) is 41.0 Å². The first-order chi connectivity index (χ1) is 15.6. The third-order valence-electron chi connectivity index (χ3n) is 5.52. The number of halogens is 1. The monoisotopic (exact) mass is 476 g/mol. The summed E-state index contributed by atoms with van der Waals surface area (Å²) in [6.45, 7) is 4.84. The number of benzene rings is 2. The fourth-order valence-corrected chi connectivity index (χ4v) is 4.51. The second-order valence-corrected chi connectivity index (χ2v) is 10.2. The van der Waals surface area contributed by atoms with Gasteiger partial charge in [0.15, 0.2) is 0 Å². The van der Waals surface area contributed by atoms with E-state index in [9.17, 15) is 22.4 Å². The lowest BCUT2D eigenvalue weighted by molar-refractivity contribution is -0.118. The van der Waals surface area contributed by atoms with E-state index in [1.807, 2.05) is 0 Å². The summed E-state index contributed by atoms with van der Waals surface area (Å²) in [5, 5.41) is 5.46. The van der Waals surface area contributed by atoms with E-state index in [2.05, 4.69) is 15.4 Å². The molecule has 2 aromatic carbocycles. The molecule has 0 unspecified atom stereocenters. The Hall–Kier alpha value is -2.98. The summed E-state index contributed by atoms with van der Waals surface area (Å²) in [7, 11) is -3.68. The molecule has 2 aromatic rings. The molecule has 0 radical (unpaired) electrons. The van der Waals surface area contributed by atoms with Gasteiger partial charge in [-0.05, 0) is 67.3 Å². The number of amides is 3. The Morgan fingerprint density at radius 1 is 0.970 bits per heavy atom. The molecule has 0 atom stereocenters. The Morgan fingerprint density at radius 3 is 2.09 bits per heavy atom. The van der Waals surface area contributed by atoms with Crippen LogP contribution in [0.4, 0.5) is 20.6 Å². The smallest absolute Gasteiger partial charge is 0.321 e. The molecule has 0 aliphatic carbocycles. The Bertz CT molecular complexity index is 1060. The molecule has 0 saturated carbocycles. The van der Waals surface area contributed by atoms with Gasteiger partial charge in [-0.25, -0.2) is 22.3 Å². The van der Waals surface area contributed by atoms with Crippen LogP contribution < -0.4 is 15.4 Å². The van der Waals surface area contributed by atoms with Crippen LogP contribution in [0.2, 0.25) is 0 Å². The van der Waals surface area contributed by atoms with Crippen molar-refractivity contribution in [3.05, 3.63) is 54.3 Å². The van der Waals surface area contributed by atoms with E-state index >= 15 is 0 Å². The van der Waals surface area contributed by atoms with Crippen LogP contribution in [-0.4, -0.2) is 44.9 Å². The number of piperidine rings is 1. The van der Waals surface area contributed by atoms with Crippen LogP contribution >= 0.6 is 0 Å². The average molecular weight is 477 g/mol. The first-order valence-electron chi connectivity index (χ1n) is 10.9. The summed E-state index contributed by atoms with van der Waals surface area (Å²) in [6.07, 6.45) is 1.33. The molecule has 3 rings (SSSR count). The zero-order valence-electron chi connectivity index (χ0n) is 18.7. The topological polar surface area (TPSA) is 108 Å². The average Bonchev–Trinajstić information content (AvgIpc) is 2.80. The van der Waals surface area contributed by atoms with E-state index in [0.29, 0.717) is 37.3 Å². The van der Waals surface area contributed by atoms with Crippen molar-refractivity contribution >= 4 is 33.3 Å². The van der Waals surface area contributed by atoms with Crippen LogP contribution in [-0.2, 0) is 14.8 Å². The van der Waals surface area contributed by atoms with E-state index in [0.717, 1.165) is 0 Å². The number of nitrogens with zero attached hydrogens (tertiary/aromatic N) is 1. The zero-order chi connectivity index (χ0) is 24.0. The van der Waals surface area contributed by atoms with Gasteiger partial charge in [-0.3, -0.25) is 4.79 Å². The first kappa shape index (κ1) is 24.7. The Labute approximate surface area is 193 Å². The maximum Gasteiger partial charge on any atom is 0.321 e. The van der Waals surface area contributed by atoms with Gasteiger partial charge in [0.2, 0.25) is 15.9 Å². The highest BCUT2D eigenvalue weighted by Gasteiger charge is 2.24. The summed E-state index contributed by atoms with van der Waals surface area (Å²) >= 11 is 0. The molecule has 0 aromatic heterocycles. The highest BCUT2D eigenvalue weighted by Crippen LogP contribution is 2.20. The van der Waals surface area contributed by atoms with Gasteiger partial charge in [0.05, 0.1) is 4.90 Å². The van der Waals surface area contributed by atoms with Crippen molar-refractivity contribution < 1.29 is 22.4 Å². The van der Waals surface area contributed by atoms with Crippen molar-refractivity contribution in [2.24, 2.45) is 11.8 Å². The Morgan fingerprint density at radius 2 is 1.52 bits per heavy atom. The van der Waals surface area contributed by atoms with Crippen LogP contribution in [0.5, 0.6) is 0 Å². The summed E-state index contributed by atoms with van der Waals surface area (Å²) < 4.78 is 40.9. The van der Waals surface area contributed by atoms with Gasteiger partial charge >= 0.3 is 6.03 Å². The number of nitrogens with one attached hydrogen (secondary N) is 3. The van der Waals surface area contributed by atoms with Gasteiger partial charge in [0.1, 0.15) is 5.82 Å². The SMILES string of the molecule is CC(C)C(=O)Nc1ccc(S(=O)(=O)NCC2CCN(C(=O)Nc3ccc(F)cc3)CC2)cc1. The largest absolute Gasteiger partial charge is 0.326 e. The second kappa shape index (κ2) is 10.8. The van der Waals surface area contributed by atoms with Gasteiger partial charge in [-0.15, -0.1) is 0 Å². The molecule has 1 heterocycles. The number of hydrogen-bond donors (Lipinski definition) is 3. The number of anilines is 2. The van der Waals surface area contributed by atoms with Crippen LogP contribution in [0.15, 0.2) is 53.4 Å². The van der Waals surface area contributed by atoms with Crippen LogP contribution in [0.3, 0.4) is 0 Å². The van der Waals surface area contributed by atoms with E-state index in [1.165, 1.54) is 36.4 Å². The van der Waals surface area contributed by atoms with Crippen LogP contribution in [0.25, 0.3) is 0 Å². The van der Waals surface area contributed by atoms with E-state index < -0.39 is 10.0 Å². The van der Waals surface area contributed by atoms with Gasteiger partial charge in [-0.2, -0.15) is 0 Å². The fraction of sp³-hybridized carbons (Fsp3) is 0.391. The molecule has 0 spiro atoms. The third-order valence-corrected chi connectivity index (χ3v) is 6.96. The van der Waals surface area contributed by atoms with Crippen LogP contribution in [0.1, 0.15) is 26.7 Å². The Balaban J connectivity index is 1.46. The lowest BCUT2D eigenvalue weighted by Gasteiger charge is -2.32. The van der Waals surface area contributed by atoms with Gasteiger partial charge < -0.3 is 15.5 Å². The molecule has 1 aliphatic rings.